The molecule has 1 heterocycles. The summed E-state index contributed by atoms with van der Waals surface area (Å²) in [6.45, 7) is 1.52. The van der Waals surface area contributed by atoms with Crippen molar-refractivity contribution in [1.82, 2.24) is 9.62 Å². The first kappa shape index (κ1) is 21.1. The molecule has 2 aliphatic rings. The Morgan fingerprint density at radius 3 is 2.61 bits per heavy atom. The minimum Gasteiger partial charge on any atom is -0.496 e. The number of nitrogens with zero attached hydrogens (tertiary/aromatic N) is 1. The van der Waals surface area contributed by atoms with Crippen LogP contribution >= 0.6 is 0 Å². The summed E-state index contributed by atoms with van der Waals surface area (Å²) in [6, 6.07) is 5.14. The van der Waals surface area contributed by atoms with Crippen LogP contribution in [0.3, 0.4) is 0 Å². The van der Waals surface area contributed by atoms with Crippen molar-refractivity contribution in [1.29, 1.82) is 0 Å². The maximum absolute atomic E-state index is 12.9. The minimum absolute atomic E-state index is 0.00962. The van der Waals surface area contributed by atoms with E-state index in [2.05, 4.69) is 5.32 Å². The van der Waals surface area contributed by atoms with Gasteiger partial charge in [0, 0.05) is 25.6 Å². The van der Waals surface area contributed by atoms with Gasteiger partial charge in [-0.1, -0.05) is 19.3 Å². The molecule has 1 saturated carbocycles. The zero-order valence-electron chi connectivity index (χ0n) is 16.5. The molecule has 1 aromatic carbocycles. The summed E-state index contributed by atoms with van der Waals surface area (Å²) < 4.78 is 37.9. The number of benzene rings is 1. The third-order valence-corrected chi connectivity index (χ3v) is 7.35. The van der Waals surface area contributed by atoms with Crippen LogP contribution in [-0.2, 0) is 26.0 Å². The maximum Gasteiger partial charge on any atom is 0.243 e. The highest BCUT2D eigenvalue weighted by molar-refractivity contribution is 7.89. The fourth-order valence-electron chi connectivity index (χ4n) is 3.84. The minimum atomic E-state index is -3.57. The average molecular weight is 411 g/mol. The van der Waals surface area contributed by atoms with Gasteiger partial charge in [-0.3, -0.25) is 4.79 Å². The molecule has 8 heteroatoms. The molecular formula is C20H30N2O5S. The second-order valence-corrected chi connectivity index (χ2v) is 9.33. The number of sulfonamides is 1. The largest absolute Gasteiger partial charge is 0.496 e. The zero-order chi connectivity index (χ0) is 20.0. The number of methoxy groups -OCH3 is 1. The molecule has 1 amide bonds. The molecule has 7 nitrogen and oxygen atoms in total. The molecule has 28 heavy (non-hydrogen) atoms. The van der Waals surface area contributed by atoms with Gasteiger partial charge in [0.2, 0.25) is 15.9 Å². The van der Waals surface area contributed by atoms with Crippen molar-refractivity contribution in [2.45, 2.75) is 55.9 Å². The number of aryl methyl sites for hydroxylation is 1. The fraction of sp³-hybridized carbons (Fsp3) is 0.650. The topological polar surface area (TPSA) is 84.9 Å². The van der Waals surface area contributed by atoms with Crippen LogP contribution in [0, 0.1) is 0 Å². The van der Waals surface area contributed by atoms with E-state index in [-0.39, 0.29) is 16.8 Å². The van der Waals surface area contributed by atoms with Crippen LogP contribution in [0.2, 0.25) is 0 Å². The lowest BCUT2D eigenvalue weighted by atomic mass is 9.95. The summed E-state index contributed by atoms with van der Waals surface area (Å²) in [7, 11) is -2.02. The maximum atomic E-state index is 12.9. The van der Waals surface area contributed by atoms with Gasteiger partial charge < -0.3 is 14.8 Å². The summed E-state index contributed by atoms with van der Waals surface area (Å²) in [4.78, 5) is 12.6. The number of carbonyl (C=O) groups excluding carboxylic acids is 1. The number of amides is 1. The SMILES string of the molecule is COc1ccc(S(=O)(=O)N2CCOCC2)cc1CCC(=O)NC1CCCCC1. The Morgan fingerprint density at radius 2 is 1.93 bits per heavy atom. The molecule has 1 aromatic rings. The van der Waals surface area contributed by atoms with Gasteiger partial charge in [-0.05, 0) is 43.0 Å². The lowest BCUT2D eigenvalue weighted by Crippen LogP contribution is -2.40. The monoisotopic (exact) mass is 410 g/mol. The molecular weight excluding hydrogens is 380 g/mol. The van der Waals surface area contributed by atoms with Gasteiger partial charge >= 0.3 is 0 Å². The molecule has 2 fully saturated rings. The third-order valence-electron chi connectivity index (χ3n) is 5.45. The number of ether oxygens (including phenoxy) is 2. The first-order chi connectivity index (χ1) is 13.5. The highest BCUT2D eigenvalue weighted by Gasteiger charge is 2.27. The van der Waals surface area contributed by atoms with Gasteiger partial charge in [-0.25, -0.2) is 8.42 Å². The van der Waals surface area contributed by atoms with E-state index in [0.717, 1.165) is 18.4 Å². The Morgan fingerprint density at radius 1 is 1.21 bits per heavy atom. The first-order valence-corrected chi connectivity index (χ1v) is 11.5. The Hall–Kier alpha value is -1.64. The van der Waals surface area contributed by atoms with Crippen LogP contribution < -0.4 is 10.1 Å². The molecule has 0 unspecified atom stereocenters. The van der Waals surface area contributed by atoms with Crippen LogP contribution in [0.15, 0.2) is 23.1 Å². The Bertz CT molecular complexity index is 769. The van der Waals surface area contributed by atoms with Gasteiger partial charge in [0.05, 0.1) is 25.2 Å². The molecule has 0 radical (unpaired) electrons. The van der Waals surface area contributed by atoms with Crippen LogP contribution in [-0.4, -0.2) is 58.1 Å². The average Bonchev–Trinajstić information content (AvgIpc) is 2.73. The fourth-order valence-corrected chi connectivity index (χ4v) is 5.30. The summed E-state index contributed by atoms with van der Waals surface area (Å²) in [5.41, 5.74) is 0.732. The van der Waals surface area contributed by atoms with Crippen LogP contribution in [0.5, 0.6) is 5.75 Å². The Kier molecular flexibility index (Phi) is 7.31. The highest BCUT2D eigenvalue weighted by atomic mass is 32.2. The van der Waals surface area contributed by atoms with Crippen molar-refractivity contribution < 1.29 is 22.7 Å². The molecule has 3 rings (SSSR count). The van der Waals surface area contributed by atoms with E-state index in [4.69, 9.17) is 9.47 Å². The Balaban J connectivity index is 1.67. The summed E-state index contributed by atoms with van der Waals surface area (Å²) >= 11 is 0. The van der Waals surface area contributed by atoms with E-state index in [0.29, 0.717) is 44.9 Å². The summed E-state index contributed by atoms with van der Waals surface area (Å²) in [6.07, 6.45) is 6.42. The smallest absolute Gasteiger partial charge is 0.243 e. The van der Waals surface area contributed by atoms with Gasteiger partial charge in [0.1, 0.15) is 5.75 Å². The lowest BCUT2D eigenvalue weighted by molar-refractivity contribution is -0.121. The van der Waals surface area contributed by atoms with Crippen molar-refractivity contribution in [2.24, 2.45) is 0 Å². The molecule has 1 aliphatic heterocycles. The normalized spacial score (nSPS) is 19.3. The quantitative estimate of drug-likeness (QED) is 0.744. The van der Waals surface area contributed by atoms with Crippen molar-refractivity contribution >= 4 is 15.9 Å². The predicted octanol–water partition coefficient (Wildman–Crippen LogP) is 2.10. The van der Waals surface area contributed by atoms with Gasteiger partial charge in [0.25, 0.3) is 0 Å². The number of carbonyl (C=O) groups is 1. The van der Waals surface area contributed by atoms with Crippen LogP contribution in [0.25, 0.3) is 0 Å². The number of nitrogens with one attached hydrogen (secondary N) is 1. The molecule has 0 bridgehead atoms. The third kappa shape index (κ3) is 5.24. The number of rotatable bonds is 7. The van der Waals surface area contributed by atoms with Crippen LogP contribution in [0.1, 0.15) is 44.1 Å². The predicted molar refractivity (Wildman–Crippen MR) is 106 cm³/mol. The van der Waals surface area contributed by atoms with Gasteiger partial charge in [0.15, 0.2) is 0 Å². The van der Waals surface area contributed by atoms with Crippen molar-refractivity contribution in [2.75, 3.05) is 33.4 Å². The van der Waals surface area contributed by atoms with Crippen molar-refractivity contribution in [3.8, 4) is 5.75 Å². The van der Waals surface area contributed by atoms with E-state index in [9.17, 15) is 13.2 Å². The van der Waals surface area contributed by atoms with E-state index in [1.807, 2.05) is 0 Å². The molecule has 0 spiro atoms. The number of hydrogen-bond acceptors (Lipinski definition) is 5. The molecule has 1 N–H and O–H groups in total. The lowest BCUT2D eigenvalue weighted by Gasteiger charge is -2.26. The molecule has 0 aromatic heterocycles. The van der Waals surface area contributed by atoms with E-state index in [1.54, 1.807) is 25.3 Å². The standard InChI is InChI=1S/C20H30N2O5S/c1-26-19-9-8-18(28(24,25)22-11-13-27-14-12-22)15-16(19)7-10-20(23)21-17-5-3-2-4-6-17/h8-9,15,17H,2-7,10-14H2,1H3,(H,21,23). The first-order valence-electron chi connectivity index (χ1n) is 10.0. The number of hydrogen-bond donors (Lipinski definition) is 1. The highest BCUT2D eigenvalue weighted by Crippen LogP contribution is 2.26. The number of morpholine rings is 1. The molecule has 156 valence electrons. The summed E-state index contributed by atoms with van der Waals surface area (Å²) in [5.74, 6) is 0.613. The summed E-state index contributed by atoms with van der Waals surface area (Å²) in [5, 5.41) is 3.10. The van der Waals surface area contributed by atoms with Crippen LogP contribution in [0.4, 0.5) is 0 Å². The van der Waals surface area contributed by atoms with E-state index < -0.39 is 10.0 Å². The van der Waals surface area contributed by atoms with Crippen molar-refractivity contribution in [3.05, 3.63) is 23.8 Å². The zero-order valence-corrected chi connectivity index (χ0v) is 17.3. The second kappa shape index (κ2) is 9.71. The van der Waals surface area contributed by atoms with Gasteiger partial charge in [-0.15, -0.1) is 0 Å². The van der Waals surface area contributed by atoms with Crippen molar-refractivity contribution in [3.63, 3.8) is 0 Å². The second-order valence-electron chi connectivity index (χ2n) is 7.39. The van der Waals surface area contributed by atoms with Gasteiger partial charge in [-0.2, -0.15) is 4.31 Å². The molecule has 1 saturated heterocycles. The Labute approximate surface area is 167 Å². The molecule has 0 atom stereocenters. The van der Waals surface area contributed by atoms with E-state index >= 15 is 0 Å². The molecule has 1 aliphatic carbocycles. The van der Waals surface area contributed by atoms with E-state index in [1.165, 1.54) is 23.6 Å².